The predicted molar refractivity (Wildman–Crippen MR) is 88.6 cm³/mol. The van der Waals surface area contributed by atoms with Gasteiger partial charge in [0, 0.05) is 5.92 Å². The van der Waals surface area contributed by atoms with Crippen LogP contribution >= 0.6 is 0 Å². The van der Waals surface area contributed by atoms with Crippen molar-refractivity contribution in [2.45, 2.75) is 12.3 Å². The minimum atomic E-state index is 0.295. The van der Waals surface area contributed by atoms with Crippen LogP contribution in [0.2, 0.25) is 0 Å². The highest BCUT2D eigenvalue weighted by Crippen LogP contribution is 2.47. The van der Waals surface area contributed by atoms with Crippen molar-refractivity contribution in [2.75, 3.05) is 0 Å². The molecule has 0 saturated carbocycles. The van der Waals surface area contributed by atoms with E-state index in [0.717, 1.165) is 5.56 Å². The first kappa shape index (κ1) is 12.9. The Morgan fingerprint density at radius 2 is 1.27 bits per heavy atom. The van der Waals surface area contributed by atoms with E-state index in [2.05, 4.69) is 78.9 Å². The Hall–Kier alpha value is -2.85. The van der Waals surface area contributed by atoms with E-state index in [-0.39, 0.29) is 0 Å². The van der Waals surface area contributed by atoms with Gasteiger partial charge in [0.2, 0.25) is 0 Å². The zero-order valence-electron chi connectivity index (χ0n) is 12.2. The van der Waals surface area contributed by atoms with Crippen LogP contribution in [0.4, 0.5) is 0 Å². The van der Waals surface area contributed by atoms with Crippen LogP contribution in [-0.4, -0.2) is 0 Å². The van der Waals surface area contributed by atoms with E-state index in [4.69, 9.17) is 5.26 Å². The van der Waals surface area contributed by atoms with Crippen molar-refractivity contribution in [3.63, 3.8) is 0 Å². The van der Waals surface area contributed by atoms with Crippen molar-refractivity contribution in [2.24, 2.45) is 0 Å². The minimum absolute atomic E-state index is 0.295. The van der Waals surface area contributed by atoms with Crippen molar-refractivity contribution in [1.29, 1.82) is 5.26 Å². The van der Waals surface area contributed by atoms with Crippen LogP contribution in [0.3, 0.4) is 0 Å². The summed E-state index contributed by atoms with van der Waals surface area (Å²) in [5, 5.41) is 8.81. The molecule has 104 valence electrons. The molecule has 3 aromatic carbocycles. The van der Waals surface area contributed by atoms with Crippen molar-refractivity contribution in [1.82, 2.24) is 0 Å². The summed E-state index contributed by atoms with van der Waals surface area (Å²) in [7, 11) is 0. The predicted octanol–water partition coefficient (Wildman–Crippen LogP) is 4.91. The molecule has 1 nitrogen and oxygen atoms in total. The van der Waals surface area contributed by atoms with E-state index in [0.29, 0.717) is 12.3 Å². The van der Waals surface area contributed by atoms with Crippen molar-refractivity contribution in [3.05, 3.63) is 95.1 Å². The highest BCUT2D eigenvalue weighted by Gasteiger charge is 2.28. The van der Waals surface area contributed by atoms with Crippen LogP contribution in [0, 0.1) is 11.3 Å². The number of benzene rings is 3. The first-order chi connectivity index (χ1) is 10.9. The summed E-state index contributed by atoms with van der Waals surface area (Å²) in [6.45, 7) is 0. The molecule has 0 bridgehead atoms. The minimum Gasteiger partial charge on any atom is -0.198 e. The second kappa shape index (κ2) is 5.16. The summed E-state index contributed by atoms with van der Waals surface area (Å²) in [6.07, 6.45) is 0.470. The molecule has 0 spiro atoms. The van der Waals surface area contributed by atoms with Crippen LogP contribution in [0.1, 0.15) is 28.2 Å². The van der Waals surface area contributed by atoms with Crippen molar-refractivity contribution in [3.8, 4) is 17.2 Å². The van der Waals surface area contributed by atoms with Gasteiger partial charge in [-0.15, -0.1) is 0 Å². The van der Waals surface area contributed by atoms with Gasteiger partial charge >= 0.3 is 0 Å². The summed E-state index contributed by atoms with van der Waals surface area (Å²) in [6, 6.07) is 28.0. The second-order valence-electron chi connectivity index (χ2n) is 5.68. The SMILES string of the molecule is N#CCc1ccc(C2c3ccccc3-c3ccccc32)cc1. The molecule has 1 aliphatic carbocycles. The summed E-state index contributed by atoms with van der Waals surface area (Å²) in [5.74, 6) is 0.295. The number of rotatable bonds is 2. The van der Waals surface area contributed by atoms with Crippen LogP contribution in [0.5, 0.6) is 0 Å². The molecule has 0 atom stereocenters. The molecule has 0 saturated heterocycles. The number of nitriles is 1. The standard InChI is InChI=1S/C21H15N/c22-14-13-15-9-11-16(12-10-15)21-19-7-3-1-5-17(19)18-6-2-4-8-20(18)21/h1-12,21H,13H2. The van der Waals surface area contributed by atoms with Crippen LogP contribution < -0.4 is 0 Å². The van der Waals surface area contributed by atoms with Gasteiger partial charge in [-0.1, -0.05) is 72.8 Å². The number of hydrogen-bond donors (Lipinski definition) is 0. The lowest BCUT2D eigenvalue weighted by atomic mass is 9.89. The largest absolute Gasteiger partial charge is 0.198 e. The van der Waals surface area contributed by atoms with E-state index in [1.807, 2.05) is 0 Å². The molecule has 0 heterocycles. The van der Waals surface area contributed by atoms with E-state index in [9.17, 15) is 0 Å². The van der Waals surface area contributed by atoms with E-state index in [1.54, 1.807) is 0 Å². The monoisotopic (exact) mass is 281 g/mol. The first-order valence-corrected chi connectivity index (χ1v) is 7.52. The zero-order valence-corrected chi connectivity index (χ0v) is 12.2. The van der Waals surface area contributed by atoms with Crippen molar-refractivity contribution >= 4 is 0 Å². The third kappa shape index (κ3) is 1.93. The van der Waals surface area contributed by atoms with Crippen molar-refractivity contribution < 1.29 is 0 Å². The van der Waals surface area contributed by atoms with Gasteiger partial charge in [0.1, 0.15) is 0 Å². The molecule has 0 N–H and O–H groups in total. The Kier molecular flexibility index (Phi) is 3.02. The van der Waals surface area contributed by atoms with Gasteiger partial charge in [-0.2, -0.15) is 5.26 Å². The molecule has 3 aromatic rings. The Balaban J connectivity index is 1.86. The Labute approximate surface area is 130 Å². The summed E-state index contributed by atoms with van der Waals surface area (Å²) in [5.41, 5.74) is 7.78. The zero-order chi connectivity index (χ0) is 14.9. The molecular weight excluding hydrogens is 266 g/mol. The van der Waals surface area contributed by atoms with Gasteiger partial charge in [0.05, 0.1) is 12.5 Å². The Bertz CT molecular complexity index is 823. The highest BCUT2D eigenvalue weighted by atomic mass is 14.3. The lowest BCUT2D eigenvalue weighted by Gasteiger charge is -2.14. The Morgan fingerprint density at radius 3 is 1.82 bits per heavy atom. The smallest absolute Gasteiger partial charge is 0.0669 e. The molecular formula is C21H15N. The first-order valence-electron chi connectivity index (χ1n) is 7.52. The van der Waals surface area contributed by atoms with Gasteiger partial charge in [0.15, 0.2) is 0 Å². The van der Waals surface area contributed by atoms with Crippen LogP contribution in [0.15, 0.2) is 72.8 Å². The van der Waals surface area contributed by atoms with Gasteiger partial charge in [-0.3, -0.25) is 0 Å². The summed E-state index contributed by atoms with van der Waals surface area (Å²) >= 11 is 0. The highest BCUT2D eigenvalue weighted by molar-refractivity contribution is 5.80. The molecule has 1 heteroatoms. The maximum atomic E-state index is 8.81. The maximum Gasteiger partial charge on any atom is 0.0669 e. The molecule has 0 aromatic heterocycles. The second-order valence-corrected chi connectivity index (χ2v) is 5.68. The fraction of sp³-hybridized carbons (Fsp3) is 0.0952. The topological polar surface area (TPSA) is 23.8 Å². The quantitative estimate of drug-likeness (QED) is 0.512. The summed E-state index contributed by atoms with van der Waals surface area (Å²) in [4.78, 5) is 0. The molecule has 4 rings (SSSR count). The number of hydrogen-bond acceptors (Lipinski definition) is 1. The van der Waals surface area contributed by atoms with Gasteiger partial charge in [-0.05, 0) is 33.4 Å². The maximum absolute atomic E-state index is 8.81. The van der Waals surface area contributed by atoms with Crippen LogP contribution in [0.25, 0.3) is 11.1 Å². The van der Waals surface area contributed by atoms with E-state index in [1.165, 1.54) is 27.8 Å². The van der Waals surface area contributed by atoms with E-state index >= 15 is 0 Å². The van der Waals surface area contributed by atoms with Crippen LogP contribution in [-0.2, 0) is 6.42 Å². The molecule has 0 amide bonds. The molecule has 0 aliphatic heterocycles. The molecule has 1 aliphatic rings. The average Bonchev–Trinajstić information content (AvgIpc) is 2.91. The normalized spacial score (nSPS) is 12.5. The fourth-order valence-electron chi connectivity index (χ4n) is 3.43. The Morgan fingerprint density at radius 1 is 0.727 bits per heavy atom. The lowest BCUT2D eigenvalue weighted by molar-refractivity contribution is 1.01. The molecule has 0 radical (unpaired) electrons. The fourth-order valence-corrected chi connectivity index (χ4v) is 3.43. The molecule has 0 fully saturated rings. The third-order valence-corrected chi connectivity index (χ3v) is 4.43. The van der Waals surface area contributed by atoms with Gasteiger partial charge in [-0.25, -0.2) is 0 Å². The summed E-state index contributed by atoms with van der Waals surface area (Å²) < 4.78 is 0. The third-order valence-electron chi connectivity index (χ3n) is 4.43. The number of fused-ring (bicyclic) bond motifs is 3. The molecule has 22 heavy (non-hydrogen) atoms. The van der Waals surface area contributed by atoms with Gasteiger partial charge in [0.25, 0.3) is 0 Å². The average molecular weight is 281 g/mol. The molecule has 0 unspecified atom stereocenters. The number of nitrogens with zero attached hydrogens (tertiary/aromatic N) is 1. The van der Waals surface area contributed by atoms with Gasteiger partial charge < -0.3 is 0 Å². The lowest BCUT2D eigenvalue weighted by Crippen LogP contribution is -1.99. The van der Waals surface area contributed by atoms with E-state index < -0.39 is 0 Å².